The molecule has 0 spiro atoms. The number of rotatable bonds is 3. The molecule has 0 atom stereocenters. The molecule has 5 nitrogen and oxygen atoms in total. The Morgan fingerprint density at radius 2 is 1.78 bits per heavy atom. The van der Waals surface area contributed by atoms with E-state index in [0.29, 0.717) is 16.1 Å². The molecule has 138 valence electrons. The summed E-state index contributed by atoms with van der Waals surface area (Å²) in [5, 5.41) is 3.66. The molecule has 0 aliphatic carbocycles. The van der Waals surface area contributed by atoms with Crippen LogP contribution in [0.4, 0.5) is 10.5 Å². The first-order chi connectivity index (χ1) is 12.8. The predicted molar refractivity (Wildman–Crippen MR) is 111 cm³/mol. The number of anilines is 1. The standard InChI is InChI=1S/C21H21N3O2S/c1-13-9-10-17-15(11-13)16(12-14(2)22-17)20(25)23-18-7-5-6-8-19(18)27-21(26)24(3)4/h5-12H,1-4H3,(H,23,25). The van der Waals surface area contributed by atoms with Gasteiger partial charge in [-0.25, -0.2) is 0 Å². The number of nitrogens with one attached hydrogen (secondary N) is 1. The number of nitrogens with zero attached hydrogens (tertiary/aromatic N) is 2. The molecular weight excluding hydrogens is 358 g/mol. The Morgan fingerprint density at radius 1 is 1.04 bits per heavy atom. The van der Waals surface area contributed by atoms with Gasteiger partial charge in [0.1, 0.15) is 0 Å². The van der Waals surface area contributed by atoms with Gasteiger partial charge in [0.15, 0.2) is 0 Å². The molecular formula is C21H21N3O2S. The predicted octanol–water partition coefficient (Wildman–Crippen LogP) is 4.88. The van der Waals surface area contributed by atoms with Crippen LogP contribution in [-0.4, -0.2) is 35.1 Å². The van der Waals surface area contributed by atoms with E-state index in [-0.39, 0.29) is 11.1 Å². The Kier molecular flexibility index (Phi) is 5.46. The summed E-state index contributed by atoms with van der Waals surface area (Å²) < 4.78 is 0. The summed E-state index contributed by atoms with van der Waals surface area (Å²) in [5.74, 6) is -0.221. The third kappa shape index (κ3) is 4.28. The fourth-order valence-corrected chi connectivity index (χ4v) is 3.44. The fourth-order valence-electron chi connectivity index (χ4n) is 2.69. The Hall–Kier alpha value is -2.86. The van der Waals surface area contributed by atoms with Gasteiger partial charge in [-0.05, 0) is 55.9 Å². The Bertz CT molecular complexity index is 1030. The minimum Gasteiger partial charge on any atom is -0.339 e. The number of fused-ring (bicyclic) bond motifs is 1. The van der Waals surface area contributed by atoms with E-state index in [9.17, 15) is 9.59 Å². The van der Waals surface area contributed by atoms with E-state index in [4.69, 9.17) is 0 Å². The lowest BCUT2D eigenvalue weighted by Gasteiger charge is -2.14. The average Bonchev–Trinajstić information content (AvgIpc) is 2.62. The van der Waals surface area contributed by atoms with Crippen molar-refractivity contribution < 1.29 is 9.59 Å². The molecule has 2 amide bonds. The normalized spacial score (nSPS) is 10.7. The van der Waals surface area contributed by atoms with Crippen LogP contribution in [0.15, 0.2) is 53.4 Å². The van der Waals surface area contributed by atoms with Crippen molar-refractivity contribution in [3.05, 3.63) is 65.4 Å². The Labute approximate surface area is 162 Å². The van der Waals surface area contributed by atoms with Gasteiger partial charge in [-0.1, -0.05) is 23.8 Å². The molecule has 0 aliphatic heterocycles. The van der Waals surface area contributed by atoms with E-state index in [1.807, 2.05) is 50.2 Å². The van der Waals surface area contributed by atoms with Crippen LogP contribution in [0.5, 0.6) is 0 Å². The molecule has 0 aliphatic rings. The van der Waals surface area contributed by atoms with Crippen molar-refractivity contribution in [2.24, 2.45) is 0 Å². The molecule has 0 bridgehead atoms. The maximum atomic E-state index is 13.0. The number of carbonyl (C=O) groups is 2. The van der Waals surface area contributed by atoms with Gasteiger partial charge in [0.2, 0.25) is 0 Å². The maximum Gasteiger partial charge on any atom is 0.286 e. The first-order valence-electron chi connectivity index (χ1n) is 8.52. The highest BCUT2D eigenvalue weighted by atomic mass is 32.2. The van der Waals surface area contributed by atoms with Gasteiger partial charge in [0.05, 0.1) is 16.8 Å². The van der Waals surface area contributed by atoms with Gasteiger partial charge in [-0.3, -0.25) is 14.6 Å². The molecule has 0 saturated heterocycles. The number of aromatic nitrogens is 1. The van der Waals surface area contributed by atoms with Crippen LogP contribution >= 0.6 is 11.8 Å². The topological polar surface area (TPSA) is 62.3 Å². The van der Waals surface area contributed by atoms with Crippen LogP contribution in [0.2, 0.25) is 0 Å². The number of benzene rings is 2. The van der Waals surface area contributed by atoms with Crippen LogP contribution in [0, 0.1) is 13.8 Å². The molecule has 2 aromatic carbocycles. The number of para-hydroxylation sites is 1. The molecule has 1 aromatic heterocycles. The summed E-state index contributed by atoms with van der Waals surface area (Å²) in [5.41, 5.74) is 3.81. The second-order valence-corrected chi connectivity index (χ2v) is 7.54. The first-order valence-corrected chi connectivity index (χ1v) is 9.34. The van der Waals surface area contributed by atoms with Crippen molar-refractivity contribution >= 4 is 39.5 Å². The van der Waals surface area contributed by atoms with Crippen LogP contribution in [0.25, 0.3) is 10.9 Å². The number of carbonyl (C=O) groups excluding carboxylic acids is 2. The van der Waals surface area contributed by atoms with E-state index >= 15 is 0 Å². The fraction of sp³-hybridized carbons (Fsp3) is 0.190. The number of aryl methyl sites for hydroxylation is 2. The second kappa shape index (κ2) is 7.80. The lowest BCUT2D eigenvalue weighted by Crippen LogP contribution is -2.17. The van der Waals surface area contributed by atoms with E-state index in [2.05, 4.69) is 10.3 Å². The second-order valence-electron chi connectivity index (χ2n) is 6.54. The number of hydrogen-bond donors (Lipinski definition) is 1. The van der Waals surface area contributed by atoms with Crippen LogP contribution < -0.4 is 5.32 Å². The van der Waals surface area contributed by atoms with Crippen molar-refractivity contribution in [3.8, 4) is 0 Å². The van der Waals surface area contributed by atoms with Crippen molar-refractivity contribution in [1.82, 2.24) is 9.88 Å². The highest BCUT2D eigenvalue weighted by molar-refractivity contribution is 8.13. The van der Waals surface area contributed by atoms with Gasteiger partial charge >= 0.3 is 0 Å². The quantitative estimate of drug-likeness (QED) is 0.659. The van der Waals surface area contributed by atoms with Crippen LogP contribution in [0.3, 0.4) is 0 Å². The number of hydrogen-bond acceptors (Lipinski definition) is 4. The molecule has 1 N–H and O–H groups in total. The van der Waals surface area contributed by atoms with Crippen molar-refractivity contribution in [2.75, 3.05) is 19.4 Å². The van der Waals surface area contributed by atoms with E-state index < -0.39 is 0 Å². The molecule has 3 aromatic rings. The highest BCUT2D eigenvalue weighted by Gasteiger charge is 2.16. The van der Waals surface area contributed by atoms with E-state index in [1.54, 1.807) is 26.2 Å². The highest BCUT2D eigenvalue weighted by Crippen LogP contribution is 2.29. The third-order valence-corrected chi connectivity index (χ3v) is 5.15. The number of thioether (sulfide) groups is 1. The summed E-state index contributed by atoms with van der Waals surface area (Å²) in [6.07, 6.45) is 0. The largest absolute Gasteiger partial charge is 0.339 e. The number of pyridine rings is 1. The summed E-state index contributed by atoms with van der Waals surface area (Å²) in [4.78, 5) is 31.8. The van der Waals surface area contributed by atoms with Gasteiger partial charge in [0.25, 0.3) is 11.1 Å². The van der Waals surface area contributed by atoms with Gasteiger partial charge in [0, 0.05) is 30.1 Å². The minimum absolute atomic E-state index is 0.0995. The molecule has 1 heterocycles. The smallest absolute Gasteiger partial charge is 0.286 e. The maximum absolute atomic E-state index is 13.0. The van der Waals surface area contributed by atoms with E-state index in [1.165, 1.54) is 4.90 Å². The molecule has 6 heteroatoms. The minimum atomic E-state index is -0.221. The molecule has 0 unspecified atom stereocenters. The van der Waals surface area contributed by atoms with Gasteiger partial charge < -0.3 is 10.2 Å². The Morgan fingerprint density at radius 3 is 2.52 bits per heavy atom. The lowest BCUT2D eigenvalue weighted by molar-refractivity contribution is 0.102. The zero-order valence-corrected chi connectivity index (χ0v) is 16.6. The molecule has 0 radical (unpaired) electrons. The summed E-state index contributed by atoms with van der Waals surface area (Å²) >= 11 is 1.08. The molecule has 0 fully saturated rings. The lowest BCUT2D eigenvalue weighted by atomic mass is 10.0. The van der Waals surface area contributed by atoms with Crippen LogP contribution in [-0.2, 0) is 0 Å². The van der Waals surface area contributed by atoms with Gasteiger partial charge in [-0.15, -0.1) is 0 Å². The SMILES string of the molecule is Cc1ccc2nc(C)cc(C(=O)Nc3ccccc3SC(=O)N(C)C)c2c1. The van der Waals surface area contributed by atoms with Gasteiger partial charge in [-0.2, -0.15) is 0 Å². The average molecular weight is 379 g/mol. The molecule has 0 saturated carbocycles. The van der Waals surface area contributed by atoms with E-state index in [0.717, 1.165) is 33.9 Å². The summed E-state index contributed by atoms with van der Waals surface area (Å²) in [7, 11) is 3.40. The van der Waals surface area contributed by atoms with Crippen molar-refractivity contribution in [2.45, 2.75) is 18.7 Å². The monoisotopic (exact) mass is 379 g/mol. The number of amides is 2. The zero-order valence-electron chi connectivity index (χ0n) is 15.7. The third-order valence-electron chi connectivity index (χ3n) is 4.03. The molecule has 3 rings (SSSR count). The molecule has 27 heavy (non-hydrogen) atoms. The zero-order chi connectivity index (χ0) is 19.6. The summed E-state index contributed by atoms with van der Waals surface area (Å²) in [6.45, 7) is 3.86. The van der Waals surface area contributed by atoms with Crippen molar-refractivity contribution in [1.29, 1.82) is 0 Å². The first kappa shape index (κ1) is 18.9. The van der Waals surface area contributed by atoms with Crippen LogP contribution in [0.1, 0.15) is 21.6 Å². The Balaban J connectivity index is 1.96. The van der Waals surface area contributed by atoms with Crippen molar-refractivity contribution in [3.63, 3.8) is 0 Å². The summed E-state index contributed by atoms with van der Waals surface area (Å²) in [6, 6.07) is 15.0.